The van der Waals surface area contributed by atoms with E-state index in [0.717, 1.165) is 5.69 Å². The van der Waals surface area contributed by atoms with Crippen molar-refractivity contribution >= 4 is 7.85 Å². The Labute approximate surface area is 129 Å². The fourth-order valence-electron chi connectivity index (χ4n) is 3.69. The van der Waals surface area contributed by atoms with E-state index in [0.29, 0.717) is 0 Å². The van der Waals surface area contributed by atoms with Crippen LogP contribution in [-0.2, 0) is 10.7 Å². The number of rotatable bonds is 1. The number of hydrogen-bond acceptors (Lipinski definition) is 1. The average Bonchev–Trinajstić information content (AvgIpc) is 2.56. The third kappa shape index (κ3) is 1.74. The molecule has 1 aromatic heterocycles. The number of aromatic nitrogens is 1. The van der Waals surface area contributed by atoms with E-state index in [-0.39, 0.29) is 16.1 Å². The van der Waals surface area contributed by atoms with E-state index in [4.69, 9.17) is 4.98 Å². The molecule has 0 saturated carbocycles. The Balaban J connectivity index is 2.22. The summed E-state index contributed by atoms with van der Waals surface area (Å²) >= 11 is 0. The summed E-state index contributed by atoms with van der Waals surface area (Å²) in [6.45, 7) is 11.8. The number of fused-ring (bicyclic) bond motifs is 1. The highest BCUT2D eigenvalue weighted by molar-refractivity contribution is 6.17. The molecule has 0 bridgehead atoms. The smallest absolute Gasteiger partial charge is 0.115 e. The Hall–Kier alpha value is -1.57. The van der Waals surface area contributed by atoms with Gasteiger partial charge in [-0.15, -0.1) is 0 Å². The Morgan fingerprint density at radius 1 is 0.905 bits per heavy atom. The summed E-state index contributed by atoms with van der Waals surface area (Å²) in [5, 5.41) is 0.137. The van der Waals surface area contributed by atoms with Gasteiger partial charge >= 0.3 is 0 Å². The van der Waals surface area contributed by atoms with Gasteiger partial charge in [-0.1, -0.05) is 65.0 Å². The van der Waals surface area contributed by atoms with Crippen molar-refractivity contribution in [1.29, 1.82) is 0 Å². The van der Waals surface area contributed by atoms with Gasteiger partial charge < -0.3 is 0 Å². The Bertz CT molecular complexity index is 684. The van der Waals surface area contributed by atoms with Gasteiger partial charge in [-0.05, 0) is 33.3 Å². The molecule has 0 aliphatic heterocycles. The summed E-state index contributed by atoms with van der Waals surface area (Å²) in [5.41, 5.74) is 5.45. The molecule has 1 unspecified atom stereocenters. The molecule has 1 atom stereocenters. The first-order valence-electron chi connectivity index (χ1n) is 7.76. The molecule has 2 heteroatoms. The molecular weight excluding hydrogens is 253 g/mol. The van der Waals surface area contributed by atoms with Crippen LogP contribution in [0.4, 0.5) is 0 Å². The topological polar surface area (TPSA) is 12.9 Å². The van der Waals surface area contributed by atoms with Crippen molar-refractivity contribution in [3.05, 3.63) is 53.7 Å². The van der Waals surface area contributed by atoms with Crippen LogP contribution < -0.4 is 0 Å². The molecule has 0 radical (unpaired) electrons. The minimum absolute atomic E-state index is 0.133. The van der Waals surface area contributed by atoms with Crippen LogP contribution in [0.2, 0.25) is 0 Å². The van der Waals surface area contributed by atoms with E-state index in [1.54, 1.807) is 0 Å². The molecule has 0 amide bonds. The summed E-state index contributed by atoms with van der Waals surface area (Å²) < 4.78 is 0. The molecule has 1 aromatic carbocycles. The average molecular weight is 277 g/mol. The van der Waals surface area contributed by atoms with Gasteiger partial charge in [-0.25, -0.2) is 0 Å². The second kappa shape index (κ2) is 4.22. The Morgan fingerprint density at radius 2 is 1.52 bits per heavy atom. The van der Waals surface area contributed by atoms with Crippen LogP contribution in [0.25, 0.3) is 11.3 Å². The zero-order chi connectivity index (χ0) is 15.5. The minimum Gasteiger partial charge on any atom is -0.256 e. The summed E-state index contributed by atoms with van der Waals surface area (Å²) in [6.07, 6.45) is 2.11. The number of hydrogen-bond donors (Lipinski definition) is 0. The molecular formula is C19H24BN. The fraction of sp³-hybridized carbons (Fsp3) is 0.421. The van der Waals surface area contributed by atoms with E-state index >= 15 is 0 Å². The van der Waals surface area contributed by atoms with Gasteiger partial charge in [-0.2, -0.15) is 0 Å². The predicted octanol–water partition coefficient (Wildman–Crippen LogP) is 3.91. The monoisotopic (exact) mass is 277 g/mol. The molecule has 0 fully saturated rings. The molecule has 1 nitrogen and oxygen atoms in total. The van der Waals surface area contributed by atoms with Crippen LogP contribution in [0.5, 0.6) is 0 Å². The highest BCUT2D eigenvalue weighted by atomic mass is 14.7. The lowest BCUT2D eigenvalue weighted by atomic mass is 9.50. The molecule has 0 N–H and O–H groups in total. The first-order valence-corrected chi connectivity index (χ1v) is 7.76. The van der Waals surface area contributed by atoms with Crippen molar-refractivity contribution in [2.24, 2.45) is 5.41 Å². The third-order valence-electron chi connectivity index (χ3n) is 6.45. The van der Waals surface area contributed by atoms with E-state index in [1.165, 1.54) is 16.7 Å². The van der Waals surface area contributed by atoms with Gasteiger partial charge in [0.15, 0.2) is 0 Å². The van der Waals surface area contributed by atoms with Crippen molar-refractivity contribution < 1.29 is 0 Å². The molecule has 108 valence electrons. The first kappa shape index (κ1) is 14.4. The molecule has 1 aliphatic carbocycles. The van der Waals surface area contributed by atoms with Crippen LogP contribution in [0.15, 0.2) is 42.6 Å². The van der Waals surface area contributed by atoms with Gasteiger partial charge in [0, 0.05) is 11.8 Å². The van der Waals surface area contributed by atoms with Crippen LogP contribution in [0, 0.1) is 5.41 Å². The maximum Gasteiger partial charge on any atom is 0.115 e. The molecule has 21 heavy (non-hydrogen) atoms. The first-order chi connectivity index (χ1) is 9.69. The SMILES string of the molecule is BC1(C)c2cc(-c3ccccc3)ncc2C(C)(C)C1(C)C. The van der Waals surface area contributed by atoms with E-state index in [9.17, 15) is 0 Å². The summed E-state index contributed by atoms with van der Waals surface area (Å²) in [5.74, 6) is 0. The largest absolute Gasteiger partial charge is 0.256 e. The second-order valence-electron chi connectivity index (χ2n) is 7.86. The third-order valence-corrected chi connectivity index (χ3v) is 6.45. The van der Waals surface area contributed by atoms with Gasteiger partial charge in [0.05, 0.1) is 5.69 Å². The standard InChI is InChI=1S/C19H24BN/c1-17(2)15-12-21-16(13-9-7-6-8-10-13)11-14(15)19(5,20)18(17,3)4/h6-12H,20H2,1-5H3. The van der Waals surface area contributed by atoms with Crippen molar-refractivity contribution in [2.75, 3.05) is 0 Å². The summed E-state index contributed by atoms with van der Waals surface area (Å²) in [4.78, 5) is 4.75. The van der Waals surface area contributed by atoms with Gasteiger partial charge in [0.25, 0.3) is 0 Å². The minimum atomic E-state index is 0.133. The van der Waals surface area contributed by atoms with Gasteiger partial charge in [-0.3, -0.25) is 4.98 Å². The fourth-order valence-corrected chi connectivity index (χ4v) is 3.69. The molecule has 2 aromatic rings. The van der Waals surface area contributed by atoms with E-state index in [2.05, 4.69) is 79.0 Å². The van der Waals surface area contributed by atoms with Crippen LogP contribution >= 0.6 is 0 Å². The Kier molecular flexibility index (Phi) is 2.89. The van der Waals surface area contributed by atoms with Crippen LogP contribution in [-0.4, -0.2) is 12.8 Å². The quantitative estimate of drug-likeness (QED) is 0.720. The number of pyridine rings is 1. The number of benzene rings is 1. The Morgan fingerprint density at radius 3 is 2.14 bits per heavy atom. The van der Waals surface area contributed by atoms with E-state index in [1.807, 2.05) is 6.07 Å². The second-order valence-corrected chi connectivity index (χ2v) is 7.86. The predicted molar refractivity (Wildman–Crippen MR) is 92.4 cm³/mol. The lowest BCUT2D eigenvalue weighted by molar-refractivity contribution is 0.165. The van der Waals surface area contributed by atoms with Crippen LogP contribution in [0.1, 0.15) is 45.7 Å². The molecule has 3 rings (SSSR count). The zero-order valence-corrected chi connectivity index (χ0v) is 14.0. The van der Waals surface area contributed by atoms with Crippen molar-refractivity contribution in [3.8, 4) is 11.3 Å². The van der Waals surface area contributed by atoms with Crippen molar-refractivity contribution in [1.82, 2.24) is 4.98 Å². The molecule has 1 aliphatic rings. The van der Waals surface area contributed by atoms with Crippen LogP contribution in [0.3, 0.4) is 0 Å². The maximum atomic E-state index is 4.75. The maximum absolute atomic E-state index is 4.75. The van der Waals surface area contributed by atoms with Crippen molar-refractivity contribution in [3.63, 3.8) is 0 Å². The molecule has 0 spiro atoms. The lowest BCUT2D eigenvalue weighted by Gasteiger charge is -2.44. The molecule has 0 saturated heterocycles. The highest BCUT2D eigenvalue weighted by Crippen LogP contribution is 2.60. The molecule has 1 heterocycles. The van der Waals surface area contributed by atoms with Crippen molar-refractivity contribution in [2.45, 2.75) is 45.3 Å². The summed E-state index contributed by atoms with van der Waals surface area (Å²) in [6, 6.07) is 12.8. The lowest BCUT2D eigenvalue weighted by Crippen LogP contribution is -2.44. The summed E-state index contributed by atoms with van der Waals surface area (Å²) in [7, 11) is 2.37. The number of nitrogens with zero attached hydrogens (tertiary/aromatic N) is 1. The highest BCUT2D eigenvalue weighted by Gasteiger charge is 2.56. The normalized spacial score (nSPS) is 25.6. The van der Waals surface area contributed by atoms with Gasteiger partial charge in [0.2, 0.25) is 0 Å². The van der Waals surface area contributed by atoms with E-state index < -0.39 is 0 Å². The zero-order valence-electron chi connectivity index (χ0n) is 14.0. The van der Waals surface area contributed by atoms with Gasteiger partial charge in [0.1, 0.15) is 7.85 Å².